The van der Waals surface area contributed by atoms with Crippen molar-refractivity contribution in [3.05, 3.63) is 35.1 Å². The Morgan fingerprint density at radius 3 is 2.72 bits per heavy atom. The Morgan fingerprint density at radius 2 is 2.17 bits per heavy atom. The topological polar surface area (TPSA) is 84.0 Å². The number of nitrogens with two attached hydrogens (primary N) is 1. The maximum atomic E-state index is 13.1. The van der Waals surface area contributed by atoms with Crippen LogP contribution in [0.15, 0.2) is 18.2 Å². The van der Waals surface area contributed by atoms with E-state index in [0.717, 1.165) is 12.1 Å². The van der Waals surface area contributed by atoms with Gasteiger partial charge in [0.15, 0.2) is 9.84 Å². The molecule has 1 aromatic rings. The van der Waals surface area contributed by atoms with Gasteiger partial charge in [-0.05, 0) is 43.7 Å². The lowest BCUT2D eigenvalue weighted by molar-refractivity contribution is 0.577. The number of halogens is 1. The number of nitriles is 1. The molecule has 1 atom stereocenters. The molecule has 4 nitrogen and oxygen atoms in total. The normalized spacial score (nSPS) is 13.0. The number of nitrogens with zero attached hydrogens (tertiary/aromatic N) is 1. The Morgan fingerprint density at radius 1 is 1.50 bits per heavy atom. The highest BCUT2D eigenvalue weighted by atomic mass is 32.2. The maximum Gasteiger partial charge on any atom is 0.157 e. The van der Waals surface area contributed by atoms with E-state index in [0.29, 0.717) is 6.42 Å². The summed E-state index contributed by atoms with van der Waals surface area (Å²) in [6.07, 6.45) is 0.347. The highest BCUT2D eigenvalue weighted by molar-refractivity contribution is 7.91. The monoisotopic (exact) mass is 270 g/mol. The van der Waals surface area contributed by atoms with Crippen molar-refractivity contribution < 1.29 is 12.8 Å². The van der Waals surface area contributed by atoms with Crippen LogP contribution >= 0.6 is 0 Å². The second-order valence-electron chi connectivity index (χ2n) is 4.11. The largest absolute Gasteiger partial charge is 0.330 e. The van der Waals surface area contributed by atoms with Gasteiger partial charge in [0.25, 0.3) is 0 Å². The SMILES string of the molecule is CC(CCN)S(=O)(=O)Cc1cc(F)ccc1C#N. The zero-order valence-corrected chi connectivity index (χ0v) is 10.9. The van der Waals surface area contributed by atoms with Crippen molar-refractivity contribution in [1.82, 2.24) is 0 Å². The molecule has 0 aliphatic heterocycles. The van der Waals surface area contributed by atoms with Crippen molar-refractivity contribution in [2.24, 2.45) is 5.73 Å². The zero-order valence-electron chi connectivity index (χ0n) is 10.1. The van der Waals surface area contributed by atoms with Crippen LogP contribution in [0.1, 0.15) is 24.5 Å². The molecule has 0 spiro atoms. The first kappa shape index (κ1) is 14.6. The molecule has 1 unspecified atom stereocenters. The van der Waals surface area contributed by atoms with E-state index in [1.165, 1.54) is 6.07 Å². The van der Waals surface area contributed by atoms with Gasteiger partial charge in [0.05, 0.1) is 22.6 Å². The molecule has 6 heteroatoms. The maximum absolute atomic E-state index is 13.1. The Kier molecular flexibility index (Phi) is 4.82. The lowest BCUT2D eigenvalue weighted by atomic mass is 10.1. The molecular weight excluding hydrogens is 255 g/mol. The van der Waals surface area contributed by atoms with Gasteiger partial charge >= 0.3 is 0 Å². The number of hydrogen-bond donors (Lipinski definition) is 1. The first-order valence-corrected chi connectivity index (χ1v) is 7.22. The molecule has 0 saturated carbocycles. The first-order chi connectivity index (χ1) is 8.40. The third kappa shape index (κ3) is 3.52. The Hall–Kier alpha value is -1.45. The molecule has 0 amide bonds. The van der Waals surface area contributed by atoms with Crippen LogP contribution in [0.3, 0.4) is 0 Å². The summed E-state index contributed by atoms with van der Waals surface area (Å²) in [4.78, 5) is 0. The summed E-state index contributed by atoms with van der Waals surface area (Å²) in [6, 6.07) is 5.37. The zero-order chi connectivity index (χ0) is 13.8. The lowest BCUT2D eigenvalue weighted by Crippen LogP contribution is -2.23. The molecule has 0 fully saturated rings. The molecular formula is C12H15FN2O2S. The second-order valence-corrected chi connectivity index (χ2v) is 6.53. The quantitative estimate of drug-likeness (QED) is 0.875. The highest BCUT2D eigenvalue weighted by Gasteiger charge is 2.22. The fraction of sp³-hybridized carbons (Fsp3) is 0.417. The van der Waals surface area contributed by atoms with Crippen molar-refractivity contribution in [2.45, 2.75) is 24.3 Å². The van der Waals surface area contributed by atoms with E-state index in [4.69, 9.17) is 11.0 Å². The smallest absolute Gasteiger partial charge is 0.157 e. The Bertz CT molecular complexity index is 564. The van der Waals surface area contributed by atoms with Crippen LogP contribution in [0.5, 0.6) is 0 Å². The molecule has 0 bridgehead atoms. The van der Waals surface area contributed by atoms with Gasteiger partial charge in [0, 0.05) is 0 Å². The second kappa shape index (κ2) is 5.94. The standard InChI is InChI=1S/C12H15FN2O2S/c1-9(4-5-14)18(16,17)8-11-6-12(13)3-2-10(11)7-15/h2-3,6,9H,4-5,8,14H2,1H3. The summed E-state index contributed by atoms with van der Waals surface area (Å²) in [7, 11) is -3.42. The van der Waals surface area contributed by atoms with Crippen molar-refractivity contribution in [1.29, 1.82) is 5.26 Å². The van der Waals surface area contributed by atoms with Crippen LogP contribution in [0.25, 0.3) is 0 Å². The summed E-state index contributed by atoms with van der Waals surface area (Å²) < 4.78 is 37.0. The van der Waals surface area contributed by atoms with Crippen LogP contribution in [0.4, 0.5) is 4.39 Å². The van der Waals surface area contributed by atoms with Gasteiger partial charge in [-0.15, -0.1) is 0 Å². The van der Waals surface area contributed by atoms with Gasteiger partial charge in [0.2, 0.25) is 0 Å². The van der Waals surface area contributed by atoms with Gasteiger partial charge in [-0.2, -0.15) is 5.26 Å². The van der Waals surface area contributed by atoms with E-state index >= 15 is 0 Å². The van der Waals surface area contributed by atoms with Crippen LogP contribution in [0, 0.1) is 17.1 Å². The Labute approximate surface area is 106 Å². The number of benzene rings is 1. The minimum atomic E-state index is -3.42. The fourth-order valence-corrected chi connectivity index (χ4v) is 3.02. The van der Waals surface area contributed by atoms with Gasteiger partial charge in [-0.25, -0.2) is 12.8 Å². The van der Waals surface area contributed by atoms with Gasteiger partial charge in [0.1, 0.15) is 5.82 Å². The van der Waals surface area contributed by atoms with Crippen molar-refractivity contribution in [2.75, 3.05) is 6.54 Å². The Balaban J connectivity index is 3.04. The third-order valence-electron chi connectivity index (χ3n) is 2.73. The number of hydrogen-bond acceptors (Lipinski definition) is 4. The van der Waals surface area contributed by atoms with Crippen LogP contribution in [-0.2, 0) is 15.6 Å². The molecule has 0 saturated heterocycles. The lowest BCUT2D eigenvalue weighted by Gasteiger charge is -2.12. The predicted octanol–water partition coefficient (Wildman–Crippen LogP) is 1.35. The summed E-state index contributed by atoms with van der Waals surface area (Å²) in [5, 5.41) is 8.26. The van der Waals surface area contributed by atoms with E-state index in [-0.39, 0.29) is 23.4 Å². The molecule has 0 aliphatic rings. The molecule has 0 aliphatic carbocycles. The molecule has 1 aromatic carbocycles. The van der Waals surface area contributed by atoms with Crippen LogP contribution in [0.2, 0.25) is 0 Å². The van der Waals surface area contributed by atoms with Crippen LogP contribution in [-0.4, -0.2) is 20.2 Å². The van der Waals surface area contributed by atoms with Crippen molar-refractivity contribution in [3.8, 4) is 6.07 Å². The molecule has 0 heterocycles. The van der Waals surface area contributed by atoms with E-state index in [9.17, 15) is 12.8 Å². The van der Waals surface area contributed by atoms with Crippen LogP contribution < -0.4 is 5.73 Å². The summed E-state index contributed by atoms with van der Waals surface area (Å²) in [6.45, 7) is 1.84. The van der Waals surface area contributed by atoms with Gasteiger partial charge in [-0.1, -0.05) is 0 Å². The highest BCUT2D eigenvalue weighted by Crippen LogP contribution is 2.17. The average molecular weight is 270 g/mol. The molecule has 0 aromatic heterocycles. The molecule has 0 radical (unpaired) electrons. The molecule has 1 rings (SSSR count). The average Bonchev–Trinajstić information content (AvgIpc) is 2.29. The molecule has 18 heavy (non-hydrogen) atoms. The minimum absolute atomic E-state index is 0.180. The molecule has 2 N–H and O–H groups in total. The van der Waals surface area contributed by atoms with E-state index in [2.05, 4.69) is 0 Å². The van der Waals surface area contributed by atoms with E-state index in [1.807, 2.05) is 6.07 Å². The summed E-state index contributed by atoms with van der Waals surface area (Å²) in [5.74, 6) is -0.889. The van der Waals surface area contributed by atoms with Gasteiger partial charge in [-0.3, -0.25) is 0 Å². The third-order valence-corrected chi connectivity index (χ3v) is 4.91. The summed E-state index contributed by atoms with van der Waals surface area (Å²) in [5.41, 5.74) is 5.70. The number of rotatable bonds is 5. The predicted molar refractivity (Wildman–Crippen MR) is 66.9 cm³/mol. The summed E-state index contributed by atoms with van der Waals surface area (Å²) >= 11 is 0. The van der Waals surface area contributed by atoms with Gasteiger partial charge < -0.3 is 5.73 Å². The van der Waals surface area contributed by atoms with E-state index in [1.54, 1.807) is 6.92 Å². The fourth-order valence-electron chi connectivity index (χ4n) is 1.56. The molecule has 98 valence electrons. The number of sulfone groups is 1. The first-order valence-electron chi connectivity index (χ1n) is 5.51. The minimum Gasteiger partial charge on any atom is -0.330 e. The van der Waals surface area contributed by atoms with Crippen molar-refractivity contribution >= 4 is 9.84 Å². The van der Waals surface area contributed by atoms with E-state index < -0.39 is 20.9 Å². The van der Waals surface area contributed by atoms with Crippen molar-refractivity contribution in [3.63, 3.8) is 0 Å².